The number of para-hydroxylation sites is 3. The molecule has 9 heteroatoms. The molecule has 2 aromatic carbocycles. The number of hydrogen-bond donors (Lipinski definition) is 1. The van der Waals surface area contributed by atoms with Gasteiger partial charge >= 0.3 is 0 Å². The molecule has 4 aromatic rings. The van der Waals surface area contributed by atoms with Gasteiger partial charge in [0.05, 0.1) is 12.3 Å². The van der Waals surface area contributed by atoms with E-state index in [1.165, 1.54) is 11.8 Å². The Bertz CT molecular complexity index is 1230. The Labute approximate surface area is 195 Å². The summed E-state index contributed by atoms with van der Waals surface area (Å²) in [4.78, 5) is 16.7. The summed E-state index contributed by atoms with van der Waals surface area (Å²) in [6.45, 7) is 0.751. The van der Waals surface area contributed by atoms with Gasteiger partial charge in [-0.15, -0.1) is 10.2 Å². The Morgan fingerprint density at radius 1 is 1.03 bits per heavy atom. The van der Waals surface area contributed by atoms with Gasteiger partial charge in [0.1, 0.15) is 12.7 Å². The Morgan fingerprint density at radius 2 is 1.85 bits per heavy atom. The first kappa shape index (κ1) is 21.0. The monoisotopic (exact) mass is 459 g/mol. The topological polar surface area (TPSA) is 91.2 Å². The number of aromatic nitrogens is 4. The zero-order valence-corrected chi connectivity index (χ0v) is 18.4. The van der Waals surface area contributed by atoms with E-state index in [4.69, 9.17) is 9.47 Å². The van der Waals surface area contributed by atoms with Gasteiger partial charge in [-0.1, -0.05) is 42.1 Å². The van der Waals surface area contributed by atoms with E-state index in [1.807, 2.05) is 71.3 Å². The van der Waals surface area contributed by atoms with Crippen LogP contribution in [0.5, 0.6) is 11.5 Å². The van der Waals surface area contributed by atoms with Gasteiger partial charge in [0.15, 0.2) is 22.5 Å². The fourth-order valence-corrected chi connectivity index (χ4v) is 4.21. The minimum atomic E-state index is -0.237. The Kier molecular flexibility index (Phi) is 6.21. The highest BCUT2D eigenvalue weighted by molar-refractivity contribution is 7.99. The van der Waals surface area contributed by atoms with E-state index in [9.17, 15) is 4.79 Å². The molecule has 0 fully saturated rings. The SMILES string of the molecule is O=C(CSc1nnc(-c2cccnc2)n1-c1ccccc1)NCC1COc2ccccc2O1. The quantitative estimate of drug-likeness (QED) is 0.424. The molecule has 0 saturated heterocycles. The van der Waals surface area contributed by atoms with Crippen LogP contribution in [0.1, 0.15) is 0 Å². The van der Waals surface area contributed by atoms with Crippen LogP contribution in [0.25, 0.3) is 17.1 Å². The van der Waals surface area contributed by atoms with Crippen LogP contribution in [0.2, 0.25) is 0 Å². The number of fused-ring (bicyclic) bond motifs is 1. The lowest BCUT2D eigenvalue weighted by atomic mass is 10.2. The second-order valence-corrected chi connectivity index (χ2v) is 8.25. The van der Waals surface area contributed by atoms with E-state index in [1.54, 1.807) is 12.4 Å². The van der Waals surface area contributed by atoms with Gasteiger partial charge in [-0.05, 0) is 36.4 Å². The van der Waals surface area contributed by atoms with E-state index in [0.717, 1.165) is 17.0 Å². The molecule has 5 rings (SSSR count). The molecule has 0 spiro atoms. The summed E-state index contributed by atoms with van der Waals surface area (Å²) in [6, 6.07) is 21.1. The van der Waals surface area contributed by atoms with Crippen molar-refractivity contribution < 1.29 is 14.3 Å². The minimum absolute atomic E-state index is 0.118. The fourth-order valence-electron chi connectivity index (χ4n) is 3.43. The molecular weight excluding hydrogens is 438 g/mol. The molecule has 1 N–H and O–H groups in total. The van der Waals surface area contributed by atoms with Crippen LogP contribution in [0.4, 0.5) is 0 Å². The molecule has 0 radical (unpaired) electrons. The normalized spacial score (nSPS) is 14.6. The van der Waals surface area contributed by atoms with Gasteiger partial charge in [-0.3, -0.25) is 14.3 Å². The average Bonchev–Trinajstić information content (AvgIpc) is 3.31. The van der Waals surface area contributed by atoms with Crippen LogP contribution >= 0.6 is 11.8 Å². The standard InChI is InChI=1S/C24H21N5O3S/c30-22(26-14-19-15-31-20-10-4-5-11-21(20)32-19)16-33-24-28-27-23(17-7-6-12-25-13-17)29(24)18-8-2-1-3-9-18/h1-13,19H,14-16H2,(H,26,30). The molecule has 33 heavy (non-hydrogen) atoms. The summed E-state index contributed by atoms with van der Waals surface area (Å²) in [7, 11) is 0. The number of rotatable bonds is 7. The third-order valence-corrected chi connectivity index (χ3v) is 5.92. The molecule has 1 atom stereocenters. The first-order valence-corrected chi connectivity index (χ1v) is 11.5. The highest BCUT2D eigenvalue weighted by Gasteiger charge is 2.22. The van der Waals surface area contributed by atoms with Crippen LogP contribution in [-0.4, -0.2) is 50.7 Å². The van der Waals surface area contributed by atoms with Crippen molar-refractivity contribution in [3.8, 4) is 28.6 Å². The van der Waals surface area contributed by atoms with Crippen molar-refractivity contribution in [2.24, 2.45) is 0 Å². The molecule has 0 saturated carbocycles. The first-order valence-electron chi connectivity index (χ1n) is 10.5. The summed E-state index contributed by atoms with van der Waals surface area (Å²) in [5.74, 6) is 2.16. The van der Waals surface area contributed by atoms with E-state index in [2.05, 4.69) is 20.5 Å². The van der Waals surface area contributed by atoms with E-state index >= 15 is 0 Å². The number of thioether (sulfide) groups is 1. The van der Waals surface area contributed by atoms with Crippen LogP contribution in [0.15, 0.2) is 84.3 Å². The number of carbonyl (C=O) groups is 1. The summed E-state index contributed by atoms with van der Waals surface area (Å²) in [5, 5.41) is 12.2. The van der Waals surface area contributed by atoms with E-state index < -0.39 is 0 Å². The molecule has 8 nitrogen and oxygen atoms in total. The molecular formula is C24H21N5O3S. The van der Waals surface area contributed by atoms with E-state index in [0.29, 0.717) is 29.9 Å². The van der Waals surface area contributed by atoms with Crippen molar-refractivity contribution in [3.05, 3.63) is 79.1 Å². The van der Waals surface area contributed by atoms with Crippen molar-refractivity contribution in [1.82, 2.24) is 25.1 Å². The van der Waals surface area contributed by atoms with E-state index in [-0.39, 0.29) is 17.8 Å². The number of pyridine rings is 1. The fraction of sp³-hybridized carbons (Fsp3) is 0.167. The molecule has 2 aromatic heterocycles. The largest absolute Gasteiger partial charge is 0.486 e. The number of carbonyl (C=O) groups excluding carboxylic acids is 1. The molecule has 1 unspecified atom stereocenters. The van der Waals surface area contributed by atoms with Crippen molar-refractivity contribution in [2.75, 3.05) is 18.9 Å². The lowest BCUT2D eigenvalue weighted by Gasteiger charge is -2.26. The smallest absolute Gasteiger partial charge is 0.230 e. The number of nitrogens with one attached hydrogen (secondary N) is 1. The Morgan fingerprint density at radius 3 is 2.67 bits per heavy atom. The molecule has 1 aliphatic heterocycles. The Hall–Kier alpha value is -3.85. The van der Waals surface area contributed by atoms with Gasteiger partial charge in [0, 0.05) is 23.6 Å². The molecule has 0 bridgehead atoms. The number of nitrogens with zero attached hydrogens (tertiary/aromatic N) is 4. The van der Waals surface area contributed by atoms with Crippen molar-refractivity contribution >= 4 is 17.7 Å². The maximum Gasteiger partial charge on any atom is 0.230 e. The summed E-state index contributed by atoms with van der Waals surface area (Å²) in [6.07, 6.45) is 3.22. The molecule has 0 aliphatic carbocycles. The maximum atomic E-state index is 12.5. The molecule has 1 amide bonds. The average molecular weight is 460 g/mol. The third-order valence-electron chi connectivity index (χ3n) is 4.99. The first-order chi connectivity index (χ1) is 16.3. The zero-order valence-electron chi connectivity index (χ0n) is 17.6. The zero-order chi connectivity index (χ0) is 22.5. The van der Waals surface area contributed by atoms with Crippen LogP contribution in [0, 0.1) is 0 Å². The number of hydrogen-bond acceptors (Lipinski definition) is 7. The number of amides is 1. The van der Waals surface area contributed by atoms with Crippen LogP contribution in [0.3, 0.4) is 0 Å². The third kappa shape index (κ3) is 4.83. The highest BCUT2D eigenvalue weighted by Crippen LogP contribution is 2.31. The van der Waals surface area contributed by atoms with Crippen molar-refractivity contribution in [2.45, 2.75) is 11.3 Å². The highest BCUT2D eigenvalue weighted by atomic mass is 32.2. The second kappa shape index (κ2) is 9.74. The molecule has 166 valence electrons. The summed E-state index contributed by atoms with van der Waals surface area (Å²) < 4.78 is 13.5. The van der Waals surface area contributed by atoms with Crippen LogP contribution in [-0.2, 0) is 4.79 Å². The molecule has 1 aliphatic rings. The molecule has 3 heterocycles. The summed E-state index contributed by atoms with van der Waals surface area (Å²) in [5.41, 5.74) is 1.76. The predicted octanol–water partition coefficient (Wildman–Crippen LogP) is 3.38. The maximum absolute atomic E-state index is 12.5. The number of benzene rings is 2. The van der Waals surface area contributed by atoms with Gasteiger partial charge < -0.3 is 14.8 Å². The van der Waals surface area contributed by atoms with Gasteiger partial charge in [-0.2, -0.15) is 0 Å². The van der Waals surface area contributed by atoms with Crippen molar-refractivity contribution in [1.29, 1.82) is 0 Å². The lowest BCUT2D eigenvalue weighted by Crippen LogP contribution is -2.41. The Balaban J connectivity index is 1.24. The predicted molar refractivity (Wildman–Crippen MR) is 125 cm³/mol. The van der Waals surface area contributed by atoms with Gasteiger partial charge in [-0.25, -0.2) is 0 Å². The minimum Gasteiger partial charge on any atom is -0.486 e. The summed E-state index contributed by atoms with van der Waals surface area (Å²) >= 11 is 1.33. The van der Waals surface area contributed by atoms with Crippen LogP contribution < -0.4 is 14.8 Å². The second-order valence-electron chi connectivity index (χ2n) is 7.31. The lowest BCUT2D eigenvalue weighted by molar-refractivity contribution is -0.119. The van der Waals surface area contributed by atoms with Gasteiger partial charge in [0.25, 0.3) is 0 Å². The van der Waals surface area contributed by atoms with Crippen molar-refractivity contribution in [3.63, 3.8) is 0 Å². The number of ether oxygens (including phenoxy) is 2. The van der Waals surface area contributed by atoms with Gasteiger partial charge in [0.2, 0.25) is 5.91 Å².